The Hall–Kier alpha value is -1.92. The summed E-state index contributed by atoms with van der Waals surface area (Å²) in [6.45, 7) is 4.59. The normalized spacial score (nSPS) is 12.0. The fourth-order valence-electron chi connectivity index (χ4n) is 2.11. The fraction of sp³-hybridized carbons (Fsp3) is 0.412. The summed E-state index contributed by atoms with van der Waals surface area (Å²) in [4.78, 5) is 16.4. The van der Waals surface area contributed by atoms with Crippen molar-refractivity contribution in [2.24, 2.45) is 0 Å². The molecule has 1 aromatic heterocycles. The Kier molecular flexibility index (Phi) is 6.55. The molecular formula is C17H22N2O3S. The second-order valence-corrected chi connectivity index (χ2v) is 6.39. The number of aromatic nitrogens is 1. The van der Waals surface area contributed by atoms with Crippen molar-refractivity contribution in [3.63, 3.8) is 0 Å². The van der Waals surface area contributed by atoms with Crippen LogP contribution in [-0.2, 0) is 6.61 Å². The number of aliphatic hydroxyl groups excluding tert-OH is 1. The van der Waals surface area contributed by atoms with E-state index < -0.39 is 6.10 Å². The van der Waals surface area contributed by atoms with Crippen LogP contribution in [0.3, 0.4) is 0 Å². The number of nitrogens with zero attached hydrogens (tertiary/aromatic N) is 1. The topological polar surface area (TPSA) is 71.5 Å². The van der Waals surface area contributed by atoms with Crippen molar-refractivity contribution in [1.29, 1.82) is 0 Å². The van der Waals surface area contributed by atoms with Gasteiger partial charge in [0.1, 0.15) is 12.4 Å². The number of amides is 1. The lowest BCUT2D eigenvalue weighted by atomic mass is 10.2. The first-order valence-corrected chi connectivity index (χ1v) is 8.56. The van der Waals surface area contributed by atoms with E-state index in [-0.39, 0.29) is 12.5 Å². The first kappa shape index (κ1) is 17.4. The van der Waals surface area contributed by atoms with Gasteiger partial charge in [-0.15, -0.1) is 11.3 Å². The van der Waals surface area contributed by atoms with Gasteiger partial charge in [0.25, 0.3) is 5.91 Å². The summed E-state index contributed by atoms with van der Waals surface area (Å²) in [7, 11) is 0. The smallest absolute Gasteiger partial charge is 0.251 e. The van der Waals surface area contributed by atoms with Gasteiger partial charge in [0, 0.05) is 17.5 Å². The number of carbonyl (C=O) groups is 1. The number of aryl methyl sites for hydroxylation is 1. The second-order valence-electron chi connectivity index (χ2n) is 5.33. The molecule has 1 heterocycles. The summed E-state index contributed by atoms with van der Waals surface area (Å²) in [5.74, 6) is 0.410. The van der Waals surface area contributed by atoms with Crippen LogP contribution in [0.25, 0.3) is 0 Å². The van der Waals surface area contributed by atoms with Gasteiger partial charge in [-0.25, -0.2) is 4.98 Å². The Balaban J connectivity index is 1.89. The Bertz CT molecular complexity index is 642. The number of hydrogen-bond acceptors (Lipinski definition) is 5. The number of benzene rings is 1. The zero-order chi connectivity index (χ0) is 16.7. The molecule has 0 spiro atoms. The van der Waals surface area contributed by atoms with Crippen LogP contribution in [0.1, 0.15) is 40.8 Å². The summed E-state index contributed by atoms with van der Waals surface area (Å²) >= 11 is 1.58. The molecular weight excluding hydrogens is 312 g/mol. The summed E-state index contributed by atoms with van der Waals surface area (Å²) in [5.41, 5.74) is 1.39. The fourth-order valence-corrected chi connectivity index (χ4v) is 2.70. The predicted molar refractivity (Wildman–Crippen MR) is 90.9 cm³/mol. The molecule has 0 aliphatic rings. The molecule has 0 fully saturated rings. The van der Waals surface area contributed by atoms with Gasteiger partial charge in [-0.3, -0.25) is 4.79 Å². The first-order valence-electron chi connectivity index (χ1n) is 7.68. The van der Waals surface area contributed by atoms with E-state index in [0.29, 0.717) is 24.3 Å². The van der Waals surface area contributed by atoms with Crippen molar-refractivity contribution in [3.8, 4) is 5.75 Å². The third kappa shape index (κ3) is 5.65. The minimum absolute atomic E-state index is 0.213. The van der Waals surface area contributed by atoms with Crippen LogP contribution in [0.5, 0.6) is 5.75 Å². The average molecular weight is 334 g/mol. The highest BCUT2D eigenvalue weighted by Gasteiger charge is 2.09. The molecule has 0 aliphatic heterocycles. The average Bonchev–Trinajstić information content (AvgIpc) is 2.97. The molecule has 0 saturated heterocycles. The number of rotatable bonds is 8. The lowest BCUT2D eigenvalue weighted by Gasteiger charge is -2.11. The van der Waals surface area contributed by atoms with E-state index in [9.17, 15) is 9.90 Å². The van der Waals surface area contributed by atoms with Crippen LogP contribution in [0, 0.1) is 6.92 Å². The molecule has 124 valence electrons. The van der Waals surface area contributed by atoms with Crippen molar-refractivity contribution in [1.82, 2.24) is 10.3 Å². The Labute approximate surface area is 140 Å². The van der Waals surface area contributed by atoms with E-state index in [0.717, 1.165) is 17.1 Å². The molecule has 2 aromatic rings. The molecule has 6 heteroatoms. The molecule has 2 N–H and O–H groups in total. The van der Waals surface area contributed by atoms with E-state index in [4.69, 9.17) is 4.74 Å². The molecule has 0 bridgehead atoms. The van der Waals surface area contributed by atoms with E-state index in [1.807, 2.05) is 25.3 Å². The SMILES string of the molecule is CCCC(O)CNC(=O)c1cccc(OCc2csc(C)n2)c1. The number of thiazole rings is 1. The molecule has 5 nitrogen and oxygen atoms in total. The number of carbonyl (C=O) groups excluding carboxylic acids is 1. The quantitative estimate of drug-likeness (QED) is 0.779. The maximum Gasteiger partial charge on any atom is 0.251 e. The number of hydrogen-bond donors (Lipinski definition) is 2. The molecule has 0 saturated carbocycles. The van der Waals surface area contributed by atoms with Gasteiger partial charge < -0.3 is 15.2 Å². The molecule has 0 aliphatic carbocycles. The van der Waals surface area contributed by atoms with Crippen molar-refractivity contribution in [3.05, 3.63) is 45.9 Å². The summed E-state index contributed by atoms with van der Waals surface area (Å²) in [6.07, 6.45) is 1.06. The van der Waals surface area contributed by atoms with Crippen LogP contribution in [-0.4, -0.2) is 28.6 Å². The van der Waals surface area contributed by atoms with Crippen molar-refractivity contribution < 1.29 is 14.6 Å². The maximum absolute atomic E-state index is 12.1. The maximum atomic E-state index is 12.1. The highest BCUT2D eigenvalue weighted by molar-refractivity contribution is 7.09. The van der Waals surface area contributed by atoms with Gasteiger partial charge in [0.2, 0.25) is 0 Å². The number of nitrogens with one attached hydrogen (secondary N) is 1. The Morgan fingerprint density at radius 3 is 3.00 bits per heavy atom. The minimum atomic E-state index is -0.503. The van der Waals surface area contributed by atoms with Crippen LogP contribution < -0.4 is 10.1 Å². The van der Waals surface area contributed by atoms with E-state index >= 15 is 0 Å². The number of aliphatic hydroxyl groups is 1. The van der Waals surface area contributed by atoms with Gasteiger partial charge in [0.05, 0.1) is 16.8 Å². The predicted octanol–water partition coefficient (Wildman–Crippen LogP) is 2.92. The molecule has 1 atom stereocenters. The van der Waals surface area contributed by atoms with E-state index in [2.05, 4.69) is 10.3 Å². The third-order valence-electron chi connectivity index (χ3n) is 3.27. The van der Waals surface area contributed by atoms with Gasteiger partial charge in [-0.2, -0.15) is 0 Å². The standard InChI is InChI=1S/C17H22N2O3S/c1-3-5-15(20)9-18-17(21)13-6-4-7-16(8-13)22-10-14-11-23-12(2)19-14/h4,6-8,11,15,20H,3,5,9-10H2,1-2H3,(H,18,21). The highest BCUT2D eigenvalue weighted by Crippen LogP contribution is 2.16. The van der Waals surface area contributed by atoms with Gasteiger partial charge in [-0.1, -0.05) is 19.4 Å². The van der Waals surface area contributed by atoms with Crippen LogP contribution in [0.4, 0.5) is 0 Å². The van der Waals surface area contributed by atoms with Gasteiger partial charge in [0.15, 0.2) is 0 Å². The zero-order valence-electron chi connectivity index (χ0n) is 13.4. The monoisotopic (exact) mass is 334 g/mol. The number of ether oxygens (including phenoxy) is 1. The highest BCUT2D eigenvalue weighted by atomic mass is 32.1. The van der Waals surface area contributed by atoms with Crippen molar-refractivity contribution in [2.75, 3.05) is 6.54 Å². The summed E-state index contributed by atoms with van der Waals surface area (Å²) in [5, 5.41) is 15.4. The zero-order valence-corrected chi connectivity index (χ0v) is 14.2. The Morgan fingerprint density at radius 2 is 2.30 bits per heavy atom. The van der Waals surface area contributed by atoms with Crippen LogP contribution in [0.15, 0.2) is 29.6 Å². The lowest BCUT2D eigenvalue weighted by Crippen LogP contribution is -2.31. The molecule has 0 radical (unpaired) electrons. The Morgan fingerprint density at radius 1 is 1.48 bits per heavy atom. The second kappa shape index (κ2) is 8.64. The molecule has 1 amide bonds. The van der Waals surface area contributed by atoms with Crippen LogP contribution >= 0.6 is 11.3 Å². The molecule has 1 aromatic carbocycles. The van der Waals surface area contributed by atoms with E-state index in [1.54, 1.807) is 29.5 Å². The molecule has 1 unspecified atom stereocenters. The van der Waals surface area contributed by atoms with Crippen molar-refractivity contribution >= 4 is 17.2 Å². The minimum Gasteiger partial charge on any atom is -0.487 e. The van der Waals surface area contributed by atoms with Gasteiger partial charge in [-0.05, 0) is 31.5 Å². The first-order chi connectivity index (χ1) is 11.1. The molecule has 2 rings (SSSR count). The van der Waals surface area contributed by atoms with Gasteiger partial charge >= 0.3 is 0 Å². The van der Waals surface area contributed by atoms with Crippen LogP contribution in [0.2, 0.25) is 0 Å². The van der Waals surface area contributed by atoms with Crippen molar-refractivity contribution in [2.45, 2.75) is 39.4 Å². The summed E-state index contributed by atoms with van der Waals surface area (Å²) < 4.78 is 5.68. The lowest BCUT2D eigenvalue weighted by molar-refractivity contribution is 0.0909. The van der Waals surface area contributed by atoms with E-state index in [1.165, 1.54) is 0 Å². The third-order valence-corrected chi connectivity index (χ3v) is 4.09. The molecule has 23 heavy (non-hydrogen) atoms. The largest absolute Gasteiger partial charge is 0.487 e. The summed E-state index contributed by atoms with van der Waals surface area (Å²) in [6, 6.07) is 7.00.